The van der Waals surface area contributed by atoms with Crippen LogP contribution in [-0.4, -0.2) is 11.7 Å². The minimum absolute atomic E-state index is 0.239. The van der Waals surface area contributed by atoms with Crippen LogP contribution in [0.1, 0.15) is 0 Å². The highest BCUT2D eigenvalue weighted by atomic mass is 35.5. The number of nitrogens with zero attached hydrogens (tertiary/aromatic N) is 1. The summed E-state index contributed by atoms with van der Waals surface area (Å²) in [7, 11) is 0. The minimum Gasteiger partial charge on any atom is -0.386 e. The molecule has 1 rings (SSSR count). The number of halogens is 2. The third-order valence-corrected chi connectivity index (χ3v) is 1.76. The lowest BCUT2D eigenvalue weighted by molar-refractivity contribution is 1.45. The second-order valence-corrected chi connectivity index (χ2v) is 2.92. The zero-order valence-electron chi connectivity index (χ0n) is 6.30. The lowest BCUT2D eigenvalue weighted by Crippen LogP contribution is -2.12. The number of hydrogen-bond donors (Lipinski definition) is 1. The highest BCUT2D eigenvalue weighted by molar-refractivity contribution is 6.30. The number of rotatable bonds is 2. The lowest BCUT2D eigenvalue weighted by atomic mass is 10.3. The summed E-state index contributed by atoms with van der Waals surface area (Å²) >= 11 is 11.1. The Kier molecular flexibility index (Phi) is 3.38. The van der Waals surface area contributed by atoms with Crippen LogP contribution in [0, 0.1) is 0 Å². The van der Waals surface area contributed by atoms with E-state index >= 15 is 0 Å². The van der Waals surface area contributed by atoms with Crippen molar-refractivity contribution in [3.8, 4) is 0 Å². The van der Waals surface area contributed by atoms with Crippen LogP contribution in [0.25, 0.3) is 0 Å². The van der Waals surface area contributed by atoms with Crippen molar-refractivity contribution in [3.05, 3.63) is 29.3 Å². The van der Waals surface area contributed by atoms with Crippen LogP contribution in [-0.2, 0) is 0 Å². The van der Waals surface area contributed by atoms with E-state index in [1.165, 1.54) is 0 Å². The molecule has 0 aliphatic carbocycles. The first-order valence-corrected chi connectivity index (χ1v) is 4.28. The summed E-state index contributed by atoms with van der Waals surface area (Å²) in [6.45, 7) is 0. The van der Waals surface area contributed by atoms with Crippen LogP contribution in [0.15, 0.2) is 29.3 Å². The Labute approximate surface area is 81.0 Å². The molecule has 0 aliphatic rings. The van der Waals surface area contributed by atoms with Crippen molar-refractivity contribution >= 4 is 34.7 Å². The molecule has 0 radical (unpaired) electrons. The summed E-state index contributed by atoms with van der Waals surface area (Å²) in [5.74, 6) is 0.641. The number of aliphatic imine (C=N–C) groups is 1. The maximum absolute atomic E-state index is 5.68. The Morgan fingerprint density at radius 3 is 2.42 bits per heavy atom. The van der Waals surface area contributed by atoms with Crippen molar-refractivity contribution in [3.63, 3.8) is 0 Å². The molecule has 0 saturated carbocycles. The van der Waals surface area contributed by atoms with E-state index in [-0.39, 0.29) is 5.88 Å². The van der Waals surface area contributed by atoms with Gasteiger partial charge in [-0.15, -0.1) is 11.6 Å². The van der Waals surface area contributed by atoms with E-state index in [1.807, 2.05) is 0 Å². The van der Waals surface area contributed by atoms with Crippen molar-refractivity contribution in [2.24, 2.45) is 10.7 Å². The Hall–Kier alpha value is -0.730. The largest absolute Gasteiger partial charge is 0.386 e. The monoisotopic (exact) mass is 202 g/mol. The fourth-order valence-corrected chi connectivity index (χ4v) is 0.897. The minimum atomic E-state index is 0.239. The molecular weight excluding hydrogens is 195 g/mol. The molecule has 64 valence electrons. The van der Waals surface area contributed by atoms with Gasteiger partial charge in [-0.25, -0.2) is 4.99 Å². The van der Waals surface area contributed by atoms with E-state index in [4.69, 9.17) is 28.9 Å². The number of amidine groups is 1. The van der Waals surface area contributed by atoms with Crippen molar-refractivity contribution < 1.29 is 0 Å². The standard InChI is InChI=1S/C8H8Cl2N2/c9-5-8(11)12-7-3-1-6(10)2-4-7/h1-4H,5H2,(H2,11,12). The van der Waals surface area contributed by atoms with E-state index < -0.39 is 0 Å². The van der Waals surface area contributed by atoms with E-state index in [9.17, 15) is 0 Å². The molecule has 1 aromatic rings. The first-order valence-electron chi connectivity index (χ1n) is 3.37. The predicted molar refractivity (Wildman–Crippen MR) is 53.5 cm³/mol. The van der Waals surface area contributed by atoms with Crippen molar-refractivity contribution in [1.82, 2.24) is 0 Å². The zero-order valence-corrected chi connectivity index (χ0v) is 7.81. The molecule has 0 aromatic heterocycles. The van der Waals surface area contributed by atoms with Gasteiger partial charge in [0.05, 0.1) is 11.6 Å². The van der Waals surface area contributed by atoms with Gasteiger partial charge < -0.3 is 5.73 Å². The molecule has 0 saturated heterocycles. The first kappa shape index (κ1) is 9.36. The number of benzene rings is 1. The highest BCUT2D eigenvalue weighted by Crippen LogP contribution is 2.15. The van der Waals surface area contributed by atoms with E-state index in [1.54, 1.807) is 24.3 Å². The van der Waals surface area contributed by atoms with E-state index in [0.29, 0.717) is 10.9 Å². The predicted octanol–water partition coefficient (Wildman–Crippen LogP) is 2.57. The molecule has 0 atom stereocenters. The third-order valence-electron chi connectivity index (χ3n) is 1.24. The lowest BCUT2D eigenvalue weighted by Gasteiger charge is -1.95. The topological polar surface area (TPSA) is 38.4 Å². The van der Waals surface area contributed by atoms with Gasteiger partial charge in [0.15, 0.2) is 0 Å². The normalized spacial score (nSPS) is 11.7. The van der Waals surface area contributed by atoms with Crippen LogP contribution in [0.5, 0.6) is 0 Å². The molecule has 0 amide bonds. The SMILES string of the molecule is NC(CCl)=Nc1ccc(Cl)cc1. The van der Waals surface area contributed by atoms with Gasteiger partial charge in [0, 0.05) is 5.02 Å². The van der Waals surface area contributed by atoms with Gasteiger partial charge in [0.25, 0.3) is 0 Å². The van der Waals surface area contributed by atoms with Gasteiger partial charge in [-0.2, -0.15) is 0 Å². The summed E-state index contributed by atoms with van der Waals surface area (Å²) in [4.78, 5) is 4.02. The van der Waals surface area contributed by atoms with E-state index in [0.717, 1.165) is 5.69 Å². The fourth-order valence-electron chi connectivity index (χ4n) is 0.711. The molecule has 2 nitrogen and oxygen atoms in total. The summed E-state index contributed by atoms with van der Waals surface area (Å²) in [5, 5.41) is 0.679. The van der Waals surface area contributed by atoms with Gasteiger partial charge in [0.2, 0.25) is 0 Å². The molecule has 0 heterocycles. The molecule has 0 unspecified atom stereocenters. The first-order chi connectivity index (χ1) is 5.72. The fraction of sp³-hybridized carbons (Fsp3) is 0.125. The summed E-state index contributed by atoms with van der Waals surface area (Å²) in [6, 6.07) is 7.06. The van der Waals surface area contributed by atoms with Crippen molar-refractivity contribution in [1.29, 1.82) is 0 Å². The average molecular weight is 203 g/mol. The van der Waals surface area contributed by atoms with Gasteiger partial charge >= 0.3 is 0 Å². The number of alkyl halides is 1. The zero-order chi connectivity index (χ0) is 8.97. The van der Waals surface area contributed by atoms with Crippen LogP contribution < -0.4 is 5.73 Å². The van der Waals surface area contributed by atoms with Gasteiger partial charge in [-0.05, 0) is 24.3 Å². The Morgan fingerprint density at radius 1 is 1.33 bits per heavy atom. The smallest absolute Gasteiger partial charge is 0.115 e. The third kappa shape index (κ3) is 2.72. The summed E-state index contributed by atoms with van der Waals surface area (Å²) < 4.78 is 0. The van der Waals surface area contributed by atoms with Crippen molar-refractivity contribution in [2.45, 2.75) is 0 Å². The maximum atomic E-state index is 5.68. The quantitative estimate of drug-likeness (QED) is 0.447. The number of nitrogens with two attached hydrogens (primary N) is 1. The number of hydrogen-bond acceptors (Lipinski definition) is 1. The highest BCUT2D eigenvalue weighted by Gasteiger charge is 1.91. The Balaban J connectivity index is 2.84. The van der Waals surface area contributed by atoms with Crippen molar-refractivity contribution in [2.75, 3.05) is 5.88 Å². The van der Waals surface area contributed by atoms with Gasteiger partial charge in [0.1, 0.15) is 5.84 Å². The average Bonchev–Trinajstić information content (AvgIpc) is 2.09. The Bertz CT molecular complexity index is 280. The summed E-state index contributed by atoms with van der Waals surface area (Å²) in [6.07, 6.45) is 0. The molecule has 12 heavy (non-hydrogen) atoms. The molecular formula is C8H8Cl2N2. The molecule has 0 spiro atoms. The summed E-state index contributed by atoms with van der Waals surface area (Å²) in [5.41, 5.74) is 6.19. The second kappa shape index (κ2) is 4.33. The Morgan fingerprint density at radius 2 is 1.92 bits per heavy atom. The molecule has 4 heteroatoms. The molecule has 1 aromatic carbocycles. The molecule has 0 aliphatic heterocycles. The van der Waals surface area contributed by atoms with Crippen LogP contribution in [0.3, 0.4) is 0 Å². The molecule has 2 N–H and O–H groups in total. The van der Waals surface area contributed by atoms with Crippen LogP contribution in [0.2, 0.25) is 5.02 Å². The van der Waals surface area contributed by atoms with Crippen LogP contribution >= 0.6 is 23.2 Å². The second-order valence-electron chi connectivity index (χ2n) is 2.21. The molecule has 0 fully saturated rings. The van der Waals surface area contributed by atoms with Gasteiger partial charge in [-0.1, -0.05) is 11.6 Å². The molecule has 0 bridgehead atoms. The van der Waals surface area contributed by atoms with Gasteiger partial charge in [-0.3, -0.25) is 0 Å². The van der Waals surface area contributed by atoms with E-state index in [2.05, 4.69) is 4.99 Å². The maximum Gasteiger partial charge on any atom is 0.115 e. The van der Waals surface area contributed by atoms with Crippen LogP contribution in [0.4, 0.5) is 5.69 Å².